The van der Waals surface area contributed by atoms with Crippen molar-refractivity contribution in [1.82, 2.24) is 9.55 Å². The fourth-order valence-corrected chi connectivity index (χ4v) is 3.73. The molecule has 1 saturated carbocycles. The first-order chi connectivity index (χ1) is 12.5. The highest BCUT2D eigenvalue weighted by molar-refractivity contribution is 5.03. The van der Waals surface area contributed by atoms with Crippen molar-refractivity contribution in [3.63, 3.8) is 0 Å². The Morgan fingerprint density at radius 2 is 2.00 bits per heavy atom. The number of H-pyrrole nitrogens is 1. The van der Waals surface area contributed by atoms with Gasteiger partial charge >= 0.3 is 5.69 Å². The zero-order chi connectivity index (χ0) is 18.8. The van der Waals surface area contributed by atoms with Crippen LogP contribution in [0.25, 0.3) is 0 Å². The van der Waals surface area contributed by atoms with Crippen LogP contribution in [0.15, 0.2) is 15.8 Å². The monoisotopic (exact) mass is 370 g/mol. The molecule has 2 fully saturated rings. The Labute approximate surface area is 150 Å². The molecule has 3 N–H and O–H groups in total. The van der Waals surface area contributed by atoms with E-state index in [2.05, 4.69) is 4.98 Å². The van der Waals surface area contributed by atoms with E-state index in [1.807, 2.05) is 0 Å². The molecule has 1 aromatic heterocycles. The molecule has 1 aliphatic carbocycles. The van der Waals surface area contributed by atoms with Gasteiger partial charge in [-0.25, -0.2) is 4.79 Å². The van der Waals surface area contributed by atoms with Crippen molar-refractivity contribution < 1.29 is 24.4 Å². The van der Waals surface area contributed by atoms with E-state index in [0.717, 1.165) is 30.3 Å². The number of aryl methyl sites for hydroxylation is 1. The van der Waals surface area contributed by atoms with Gasteiger partial charge in [-0.2, -0.15) is 0 Å². The predicted molar refractivity (Wildman–Crippen MR) is 91.0 cm³/mol. The third kappa shape index (κ3) is 3.63. The number of nitrogens with one attached hydrogen (secondary N) is 1. The molecule has 26 heavy (non-hydrogen) atoms. The summed E-state index contributed by atoms with van der Waals surface area (Å²) in [6.45, 7) is 1.19. The lowest BCUT2D eigenvalue weighted by molar-refractivity contribution is -0.142. The molecule has 2 heterocycles. The van der Waals surface area contributed by atoms with E-state index in [4.69, 9.17) is 14.2 Å². The Balaban J connectivity index is 1.83. The zero-order valence-electron chi connectivity index (χ0n) is 15.0. The van der Waals surface area contributed by atoms with Crippen molar-refractivity contribution in [1.29, 1.82) is 0 Å². The zero-order valence-corrected chi connectivity index (χ0v) is 15.0. The Morgan fingerprint density at radius 1 is 1.31 bits per heavy atom. The lowest BCUT2D eigenvalue weighted by atomic mass is 9.94. The number of aromatic amines is 1. The summed E-state index contributed by atoms with van der Waals surface area (Å²) in [7, 11) is 1.63. The average Bonchev–Trinajstić information content (AvgIpc) is 2.94. The molecule has 0 amide bonds. The van der Waals surface area contributed by atoms with Crippen molar-refractivity contribution in [2.24, 2.45) is 0 Å². The highest BCUT2D eigenvalue weighted by Crippen LogP contribution is 2.34. The van der Waals surface area contributed by atoms with Crippen LogP contribution < -0.4 is 11.2 Å². The van der Waals surface area contributed by atoms with Crippen LogP contribution in [0.1, 0.15) is 37.5 Å². The highest BCUT2D eigenvalue weighted by atomic mass is 16.6. The third-order valence-corrected chi connectivity index (χ3v) is 5.19. The van der Waals surface area contributed by atoms with E-state index in [0.29, 0.717) is 5.56 Å². The fraction of sp³-hybridized carbons (Fsp3) is 0.765. The first-order valence-electron chi connectivity index (χ1n) is 8.91. The van der Waals surface area contributed by atoms with Crippen molar-refractivity contribution in [2.45, 2.75) is 69.4 Å². The number of aliphatic hydroxyl groups is 2. The van der Waals surface area contributed by atoms with Gasteiger partial charge in [0.25, 0.3) is 5.56 Å². The summed E-state index contributed by atoms with van der Waals surface area (Å²) in [5.74, 6) is 0. The summed E-state index contributed by atoms with van der Waals surface area (Å²) in [6, 6.07) is 0. The lowest BCUT2D eigenvalue weighted by Crippen LogP contribution is -2.45. The second-order valence-electron chi connectivity index (χ2n) is 6.91. The van der Waals surface area contributed by atoms with Crippen LogP contribution in [0.2, 0.25) is 0 Å². The molecule has 0 radical (unpaired) electrons. The number of hydrogen-bond acceptors (Lipinski definition) is 7. The first kappa shape index (κ1) is 19.2. The van der Waals surface area contributed by atoms with E-state index in [1.165, 1.54) is 6.20 Å². The molecule has 1 aliphatic heterocycles. The van der Waals surface area contributed by atoms with Gasteiger partial charge in [-0.05, 0) is 19.8 Å². The molecule has 6 atom stereocenters. The molecule has 3 rings (SSSR count). The summed E-state index contributed by atoms with van der Waals surface area (Å²) >= 11 is 0. The van der Waals surface area contributed by atoms with E-state index < -0.39 is 35.8 Å². The first-order valence-corrected chi connectivity index (χ1v) is 8.91. The molecule has 0 spiro atoms. The Hall–Kier alpha value is -1.52. The van der Waals surface area contributed by atoms with Crippen molar-refractivity contribution in [3.05, 3.63) is 32.6 Å². The molecule has 9 nitrogen and oxygen atoms in total. The van der Waals surface area contributed by atoms with E-state index >= 15 is 0 Å². The van der Waals surface area contributed by atoms with Crippen LogP contribution in [0.4, 0.5) is 0 Å². The Morgan fingerprint density at radius 3 is 2.65 bits per heavy atom. The quantitative estimate of drug-likeness (QED) is 0.635. The molecule has 1 aromatic rings. The summed E-state index contributed by atoms with van der Waals surface area (Å²) in [5, 5.41) is 20.4. The van der Waals surface area contributed by atoms with Crippen molar-refractivity contribution in [3.8, 4) is 0 Å². The number of hydrogen-bond donors (Lipinski definition) is 3. The van der Waals surface area contributed by atoms with Gasteiger partial charge in [0.15, 0.2) is 6.23 Å². The average molecular weight is 370 g/mol. The Kier molecular flexibility index (Phi) is 5.93. The molecule has 0 bridgehead atoms. The second-order valence-corrected chi connectivity index (χ2v) is 6.91. The maximum Gasteiger partial charge on any atom is 0.330 e. The minimum atomic E-state index is -1.17. The highest BCUT2D eigenvalue weighted by Gasteiger charge is 2.47. The van der Waals surface area contributed by atoms with Crippen molar-refractivity contribution in [2.75, 3.05) is 13.7 Å². The van der Waals surface area contributed by atoms with E-state index in [9.17, 15) is 19.8 Å². The summed E-state index contributed by atoms with van der Waals surface area (Å²) < 4.78 is 18.4. The minimum Gasteiger partial charge on any atom is -0.394 e. The molecule has 2 aliphatic rings. The van der Waals surface area contributed by atoms with Gasteiger partial charge in [-0.15, -0.1) is 0 Å². The van der Waals surface area contributed by atoms with Crippen LogP contribution in [0, 0.1) is 6.92 Å². The fourth-order valence-electron chi connectivity index (χ4n) is 3.73. The maximum atomic E-state index is 12.1. The molecule has 9 heteroatoms. The minimum absolute atomic E-state index is 0.0765. The van der Waals surface area contributed by atoms with Crippen LogP contribution in [-0.4, -0.2) is 64.0 Å². The summed E-state index contributed by atoms with van der Waals surface area (Å²) in [5.41, 5.74) is -0.859. The summed E-state index contributed by atoms with van der Waals surface area (Å²) in [4.78, 5) is 25.8. The van der Waals surface area contributed by atoms with Gasteiger partial charge in [0.05, 0.1) is 18.8 Å². The van der Waals surface area contributed by atoms with E-state index in [-0.39, 0.29) is 18.8 Å². The van der Waals surface area contributed by atoms with Crippen molar-refractivity contribution >= 4 is 0 Å². The van der Waals surface area contributed by atoms with Crippen LogP contribution in [-0.2, 0) is 14.2 Å². The smallest absolute Gasteiger partial charge is 0.330 e. The van der Waals surface area contributed by atoms with Crippen LogP contribution >= 0.6 is 0 Å². The third-order valence-electron chi connectivity index (χ3n) is 5.19. The number of aromatic nitrogens is 2. The van der Waals surface area contributed by atoms with Gasteiger partial charge in [-0.1, -0.05) is 12.8 Å². The van der Waals surface area contributed by atoms with Gasteiger partial charge in [0.2, 0.25) is 0 Å². The maximum absolute atomic E-state index is 12.1. The van der Waals surface area contributed by atoms with Gasteiger partial charge in [-0.3, -0.25) is 14.3 Å². The molecule has 1 saturated heterocycles. The Bertz CT molecular complexity index is 731. The van der Waals surface area contributed by atoms with Crippen LogP contribution in [0.3, 0.4) is 0 Å². The van der Waals surface area contributed by atoms with Gasteiger partial charge in [0, 0.05) is 18.9 Å². The number of aliphatic hydroxyl groups excluding tert-OH is 2. The van der Waals surface area contributed by atoms with Gasteiger partial charge < -0.3 is 24.4 Å². The molecular weight excluding hydrogens is 344 g/mol. The summed E-state index contributed by atoms with van der Waals surface area (Å²) in [6.07, 6.45) is 0.966. The molecular formula is C17H26N2O7. The van der Waals surface area contributed by atoms with Gasteiger partial charge in [0.1, 0.15) is 18.3 Å². The molecule has 0 unspecified atom stereocenters. The van der Waals surface area contributed by atoms with E-state index in [1.54, 1.807) is 14.0 Å². The molecule has 0 aromatic carbocycles. The number of rotatable bonds is 5. The largest absolute Gasteiger partial charge is 0.394 e. The second kappa shape index (κ2) is 8.01. The normalized spacial score (nSPS) is 34.9. The number of methoxy groups -OCH3 is 1. The SMILES string of the molecule is CO[C@@H]1CCCC[C@H]1O[C@H]1[C@@H](O)[C@H](n2cc(C)c(=O)[nH]c2=O)O[C@@H]1CO. The molecule has 146 valence electrons. The standard InChI is InChI=1S/C17H26N2O7/c1-9-7-19(17(23)18-15(9)22)16-13(21)14(12(8-20)26-16)25-11-6-4-3-5-10(11)24-2/h7,10-14,16,20-21H,3-6,8H2,1-2H3,(H,18,22,23)/t10-,11-,12-,13-,14-,16-/m1/s1. The lowest BCUT2D eigenvalue weighted by Gasteiger charge is -2.34. The predicted octanol–water partition coefficient (Wildman–Crippen LogP) is -0.562. The van der Waals surface area contributed by atoms with Crippen LogP contribution in [0.5, 0.6) is 0 Å². The number of nitrogens with zero attached hydrogens (tertiary/aromatic N) is 1. The topological polar surface area (TPSA) is 123 Å². The number of ether oxygens (including phenoxy) is 3.